The van der Waals surface area contributed by atoms with Crippen LogP contribution in [0.5, 0.6) is 5.75 Å². The van der Waals surface area contributed by atoms with Gasteiger partial charge in [0.15, 0.2) is 0 Å². The molecule has 7 heteroatoms. The third kappa shape index (κ3) is 3.94. The zero-order valence-corrected chi connectivity index (χ0v) is 18.9. The number of likely N-dealkylation sites (tertiary alicyclic amines) is 1. The van der Waals surface area contributed by atoms with E-state index in [9.17, 15) is 4.79 Å². The predicted molar refractivity (Wildman–Crippen MR) is 117 cm³/mol. The number of hydrogen-bond acceptors (Lipinski definition) is 4. The van der Waals surface area contributed by atoms with Gasteiger partial charge in [0, 0.05) is 30.6 Å². The van der Waals surface area contributed by atoms with Gasteiger partial charge in [0.1, 0.15) is 17.9 Å². The first-order valence-electron chi connectivity index (χ1n) is 10.9. The lowest BCUT2D eigenvalue weighted by Crippen LogP contribution is -2.34. The fraction of sp³-hybridized carbons (Fsp3) is 0.609. The molecule has 1 spiro atoms. The van der Waals surface area contributed by atoms with E-state index in [4.69, 9.17) is 16.3 Å². The van der Waals surface area contributed by atoms with E-state index >= 15 is 0 Å². The van der Waals surface area contributed by atoms with E-state index in [2.05, 4.69) is 28.6 Å². The highest BCUT2D eigenvalue weighted by atomic mass is 35.5. The van der Waals surface area contributed by atoms with Crippen molar-refractivity contribution in [3.05, 3.63) is 40.9 Å². The van der Waals surface area contributed by atoms with Gasteiger partial charge in [0.05, 0.1) is 12.7 Å². The summed E-state index contributed by atoms with van der Waals surface area (Å²) in [7, 11) is 1.58. The van der Waals surface area contributed by atoms with Crippen LogP contribution in [0.1, 0.15) is 68.1 Å². The van der Waals surface area contributed by atoms with E-state index in [1.807, 2.05) is 11.2 Å². The lowest BCUT2D eigenvalue weighted by Gasteiger charge is -2.37. The van der Waals surface area contributed by atoms with E-state index in [0.29, 0.717) is 28.8 Å². The summed E-state index contributed by atoms with van der Waals surface area (Å²) in [6, 6.07) is 5.23. The molecule has 0 bridgehead atoms. The summed E-state index contributed by atoms with van der Waals surface area (Å²) in [5, 5.41) is 9.35. The van der Waals surface area contributed by atoms with E-state index in [1.54, 1.807) is 25.3 Å². The largest absolute Gasteiger partial charge is 0.496 e. The number of carbonyl (C=O) groups excluding carboxylic acids is 1. The molecule has 2 heterocycles. The SMILES string of the molecule is COc1cc(Cl)ccc1C(=O)N1CC(c2nncn2CC(C)C)C2(CCCCC2)C1. The number of methoxy groups -OCH3 is 1. The highest BCUT2D eigenvalue weighted by molar-refractivity contribution is 6.30. The molecule has 2 aromatic rings. The Labute approximate surface area is 183 Å². The van der Waals surface area contributed by atoms with Gasteiger partial charge in [-0.15, -0.1) is 10.2 Å². The Hall–Kier alpha value is -2.08. The maximum atomic E-state index is 13.5. The zero-order valence-electron chi connectivity index (χ0n) is 18.1. The number of halogens is 1. The van der Waals surface area contributed by atoms with Crippen molar-refractivity contribution < 1.29 is 9.53 Å². The molecular weight excluding hydrogens is 400 g/mol. The Kier molecular flexibility index (Phi) is 6.05. The molecule has 1 aromatic carbocycles. The molecule has 1 unspecified atom stereocenters. The van der Waals surface area contributed by atoms with Crippen molar-refractivity contribution in [2.75, 3.05) is 20.2 Å². The van der Waals surface area contributed by atoms with Crippen LogP contribution in [0.3, 0.4) is 0 Å². The fourth-order valence-corrected chi connectivity index (χ4v) is 5.48. The molecule has 0 radical (unpaired) electrons. The van der Waals surface area contributed by atoms with E-state index in [1.165, 1.54) is 19.3 Å². The molecule has 1 aliphatic heterocycles. The van der Waals surface area contributed by atoms with E-state index in [0.717, 1.165) is 31.8 Å². The average Bonchev–Trinajstić information content (AvgIpc) is 3.32. The van der Waals surface area contributed by atoms with Gasteiger partial charge < -0.3 is 14.2 Å². The minimum absolute atomic E-state index is 0.00545. The van der Waals surface area contributed by atoms with E-state index < -0.39 is 0 Å². The fourth-order valence-electron chi connectivity index (χ4n) is 5.32. The van der Waals surface area contributed by atoms with Gasteiger partial charge in [-0.1, -0.05) is 44.7 Å². The lowest BCUT2D eigenvalue weighted by atomic mass is 9.67. The Morgan fingerprint density at radius 3 is 2.77 bits per heavy atom. The molecule has 6 nitrogen and oxygen atoms in total. The van der Waals surface area contributed by atoms with Crippen LogP contribution in [-0.2, 0) is 6.54 Å². The van der Waals surface area contributed by atoms with Crippen LogP contribution in [0, 0.1) is 11.3 Å². The molecule has 4 rings (SSSR count). The highest BCUT2D eigenvalue weighted by Crippen LogP contribution is 2.52. The minimum atomic E-state index is 0.00545. The van der Waals surface area contributed by atoms with Crippen LogP contribution >= 0.6 is 11.6 Å². The van der Waals surface area contributed by atoms with Crippen LogP contribution in [-0.4, -0.2) is 45.8 Å². The van der Waals surface area contributed by atoms with E-state index in [-0.39, 0.29) is 17.2 Å². The number of rotatable bonds is 5. The molecule has 0 N–H and O–H groups in total. The van der Waals surface area contributed by atoms with Crippen LogP contribution < -0.4 is 4.74 Å². The number of carbonyl (C=O) groups is 1. The molecule has 1 aromatic heterocycles. The van der Waals surface area contributed by atoms with Crippen LogP contribution in [0.2, 0.25) is 5.02 Å². The predicted octanol–water partition coefficient (Wildman–Crippen LogP) is 4.79. The summed E-state index contributed by atoms with van der Waals surface area (Å²) in [5.41, 5.74) is 0.646. The smallest absolute Gasteiger partial charge is 0.257 e. The lowest BCUT2D eigenvalue weighted by molar-refractivity contribution is 0.0755. The number of amides is 1. The first-order valence-corrected chi connectivity index (χ1v) is 11.3. The quantitative estimate of drug-likeness (QED) is 0.684. The van der Waals surface area contributed by atoms with Gasteiger partial charge in [-0.05, 0) is 42.4 Å². The molecule has 1 atom stereocenters. The molecule has 30 heavy (non-hydrogen) atoms. The minimum Gasteiger partial charge on any atom is -0.496 e. The topological polar surface area (TPSA) is 60.2 Å². The first-order chi connectivity index (χ1) is 14.4. The van der Waals surface area contributed by atoms with Gasteiger partial charge in [-0.2, -0.15) is 0 Å². The second kappa shape index (κ2) is 8.58. The number of aromatic nitrogens is 3. The average molecular weight is 431 g/mol. The van der Waals surface area contributed by atoms with Crippen LogP contribution in [0.4, 0.5) is 0 Å². The third-order valence-electron chi connectivity index (χ3n) is 6.70. The second-order valence-corrected chi connectivity index (χ2v) is 9.68. The number of benzene rings is 1. The molecule has 1 amide bonds. The molecular formula is C23H31ClN4O2. The van der Waals surface area contributed by atoms with Crippen molar-refractivity contribution in [2.45, 2.75) is 58.4 Å². The van der Waals surface area contributed by atoms with Crippen molar-refractivity contribution >= 4 is 17.5 Å². The second-order valence-electron chi connectivity index (χ2n) is 9.24. The molecule has 162 valence electrons. The van der Waals surface area contributed by atoms with Crippen molar-refractivity contribution in [3.8, 4) is 5.75 Å². The first kappa shape index (κ1) is 21.2. The van der Waals surface area contributed by atoms with Gasteiger partial charge in [-0.25, -0.2) is 0 Å². The number of nitrogens with zero attached hydrogens (tertiary/aromatic N) is 4. The Balaban J connectivity index is 1.67. The van der Waals surface area contributed by atoms with Gasteiger partial charge in [0.2, 0.25) is 0 Å². The van der Waals surface area contributed by atoms with Crippen LogP contribution in [0.25, 0.3) is 0 Å². The summed E-state index contributed by atoms with van der Waals surface area (Å²) in [4.78, 5) is 15.5. The number of hydrogen-bond donors (Lipinski definition) is 0. The maximum absolute atomic E-state index is 13.5. The molecule has 1 saturated heterocycles. The Morgan fingerprint density at radius 1 is 1.30 bits per heavy atom. The monoisotopic (exact) mass is 430 g/mol. The van der Waals surface area contributed by atoms with Crippen molar-refractivity contribution in [1.82, 2.24) is 19.7 Å². The summed E-state index contributed by atoms with van der Waals surface area (Å²) in [5.74, 6) is 2.28. The zero-order chi connectivity index (χ0) is 21.3. The molecule has 2 fully saturated rings. The maximum Gasteiger partial charge on any atom is 0.257 e. The van der Waals surface area contributed by atoms with Crippen molar-refractivity contribution in [1.29, 1.82) is 0 Å². The highest BCUT2D eigenvalue weighted by Gasteiger charge is 2.50. The normalized spacial score (nSPS) is 20.8. The number of ether oxygens (including phenoxy) is 1. The van der Waals surface area contributed by atoms with Crippen molar-refractivity contribution in [3.63, 3.8) is 0 Å². The summed E-state index contributed by atoms with van der Waals surface area (Å²) < 4.78 is 7.64. The van der Waals surface area contributed by atoms with Gasteiger partial charge >= 0.3 is 0 Å². The third-order valence-corrected chi connectivity index (χ3v) is 6.93. The van der Waals surface area contributed by atoms with Crippen molar-refractivity contribution in [2.24, 2.45) is 11.3 Å². The Morgan fingerprint density at radius 2 is 2.07 bits per heavy atom. The summed E-state index contributed by atoms with van der Waals surface area (Å²) in [6.07, 6.45) is 7.80. The standard InChI is InChI=1S/C23H31ClN4O2/c1-16(2)12-28-15-25-26-21(28)19-13-27(14-23(19)9-5-4-6-10-23)22(29)18-8-7-17(24)11-20(18)30-3/h7-8,11,15-16,19H,4-6,9-10,12-14H2,1-3H3. The van der Waals surface area contributed by atoms with Crippen LogP contribution in [0.15, 0.2) is 24.5 Å². The summed E-state index contributed by atoms with van der Waals surface area (Å²) in [6.45, 7) is 6.74. The molecule has 1 saturated carbocycles. The Bertz CT molecular complexity index is 904. The molecule has 1 aliphatic carbocycles. The van der Waals surface area contributed by atoms with Gasteiger partial charge in [-0.3, -0.25) is 4.79 Å². The van der Waals surface area contributed by atoms with Gasteiger partial charge in [0.25, 0.3) is 5.91 Å². The molecule has 2 aliphatic rings. The summed E-state index contributed by atoms with van der Waals surface area (Å²) >= 11 is 6.10.